The lowest BCUT2D eigenvalue weighted by molar-refractivity contribution is -0.166. The second-order valence-electron chi connectivity index (χ2n) is 4.72. The van der Waals surface area contributed by atoms with E-state index in [0.29, 0.717) is 13.2 Å². The standard InChI is InChI=1S/C10H18N2O4/c1-7(13)12-5-8(6-15-12)11-9(14)16-10(2,3)4/h8H,5-6H2,1-4H3,(H,11,14). The summed E-state index contributed by atoms with van der Waals surface area (Å²) in [6.45, 7) is 7.43. The van der Waals surface area contributed by atoms with Crippen molar-refractivity contribution < 1.29 is 19.2 Å². The highest BCUT2D eigenvalue weighted by Crippen LogP contribution is 2.09. The Bertz CT molecular complexity index is 285. The van der Waals surface area contributed by atoms with Gasteiger partial charge in [0.2, 0.25) is 5.91 Å². The molecule has 0 bridgehead atoms. The zero-order chi connectivity index (χ0) is 12.3. The van der Waals surface area contributed by atoms with Crippen LogP contribution in [-0.4, -0.2) is 41.9 Å². The van der Waals surface area contributed by atoms with Crippen LogP contribution in [0.5, 0.6) is 0 Å². The maximum atomic E-state index is 11.4. The lowest BCUT2D eigenvalue weighted by atomic mass is 10.2. The molecule has 16 heavy (non-hydrogen) atoms. The van der Waals surface area contributed by atoms with Gasteiger partial charge in [-0.15, -0.1) is 0 Å². The Labute approximate surface area is 94.8 Å². The molecule has 1 unspecified atom stereocenters. The van der Waals surface area contributed by atoms with Crippen molar-refractivity contribution in [3.63, 3.8) is 0 Å². The van der Waals surface area contributed by atoms with Gasteiger partial charge in [0.15, 0.2) is 0 Å². The summed E-state index contributed by atoms with van der Waals surface area (Å²) in [5, 5.41) is 3.86. The molecule has 1 aliphatic rings. The Kier molecular flexibility index (Phi) is 3.74. The molecule has 0 spiro atoms. The van der Waals surface area contributed by atoms with Crippen molar-refractivity contribution in [3.8, 4) is 0 Å². The first-order valence-corrected chi connectivity index (χ1v) is 5.18. The first-order chi connectivity index (χ1) is 7.28. The summed E-state index contributed by atoms with van der Waals surface area (Å²) in [5.41, 5.74) is -0.524. The molecule has 0 saturated carbocycles. The summed E-state index contributed by atoms with van der Waals surface area (Å²) in [6, 6.07) is -0.209. The van der Waals surface area contributed by atoms with Crippen LogP contribution in [0.25, 0.3) is 0 Å². The van der Waals surface area contributed by atoms with E-state index < -0.39 is 11.7 Å². The molecule has 1 rings (SSSR count). The highest BCUT2D eigenvalue weighted by atomic mass is 16.7. The molecule has 0 aromatic rings. The zero-order valence-electron chi connectivity index (χ0n) is 10.1. The third-order valence-electron chi connectivity index (χ3n) is 1.89. The third kappa shape index (κ3) is 4.06. The van der Waals surface area contributed by atoms with Gasteiger partial charge in [-0.3, -0.25) is 9.63 Å². The predicted molar refractivity (Wildman–Crippen MR) is 56.5 cm³/mol. The van der Waals surface area contributed by atoms with E-state index in [1.807, 2.05) is 0 Å². The number of ether oxygens (including phenoxy) is 1. The van der Waals surface area contributed by atoms with Gasteiger partial charge in [-0.05, 0) is 20.8 Å². The first-order valence-electron chi connectivity index (χ1n) is 5.18. The fourth-order valence-electron chi connectivity index (χ4n) is 1.27. The number of alkyl carbamates (subject to hydrolysis) is 1. The Hall–Kier alpha value is -1.30. The monoisotopic (exact) mass is 230 g/mol. The van der Waals surface area contributed by atoms with Crippen LogP contribution in [0.4, 0.5) is 4.79 Å². The minimum atomic E-state index is -0.524. The van der Waals surface area contributed by atoms with Crippen LogP contribution in [0.15, 0.2) is 0 Å². The van der Waals surface area contributed by atoms with Gasteiger partial charge in [-0.2, -0.15) is 0 Å². The summed E-state index contributed by atoms with van der Waals surface area (Å²) >= 11 is 0. The molecule has 92 valence electrons. The van der Waals surface area contributed by atoms with Gasteiger partial charge in [0.25, 0.3) is 0 Å². The lowest BCUT2D eigenvalue weighted by Crippen LogP contribution is -2.42. The predicted octanol–water partition coefficient (Wildman–Crippen LogP) is 0.673. The van der Waals surface area contributed by atoms with Crippen LogP contribution in [0.2, 0.25) is 0 Å². The second kappa shape index (κ2) is 4.69. The fourth-order valence-corrected chi connectivity index (χ4v) is 1.27. The smallest absolute Gasteiger partial charge is 0.408 e. The van der Waals surface area contributed by atoms with E-state index in [9.17, 15) is 9.59 Å². The number of hydroxylamine groups is 2. The van der Waals surface area contributed by atoms with E-state index in [4.69, 9.17) is 9.57 Å². The fraction of sp³-hybridized carbons (Fsp3) is 0.800. The second-order valence-corrected chi connectivity index (χ2v) is 4.72. The molecule has 6 heteroatoms. The summed E-state index contributed by atoms with van der Waals surface area (Å²) < 4.78 is 5.09. The van der Waals surface area contributed by atoms with Crippen LogP contribution in [0.1, 0.15) is 27.7 Å². The largest absolute Gasteiger partial charge is 0.444 e. The van der Waals surface area contributed by atoms with E-state index in [1.54, 1.807) is 20.8 Å². The summed E-state index contributed by atoms with van der Waals surface area (Å²) in [7, 11) is 0. The number of carbonyl (C=O) groups is 2. The molecule has 1 atom stereocenters. The van der Waals surface area contributed by atoms with Crippen LogP contribution >= 0.6 is 0 Å². The van der Waals surface area contributed by atoms with Gasteiger partial charge in [0, 0.05) is 6.92 Å². The number of hydrogen-bond acceptors (Lipinski definition) is 4. The van der Waals surface area contributed by atoms with Crippen LogP contribution in [0, 0.1) is 0 Å². The quantitative estimate of drug-likeness (QED) is 0.719. The van der Waals surface area contributed by atoms with Crippen molar-refractivity contribution in [1.82, 2.24) is 10.4 Å². The van der Waals surface area contributed by atoms with E-state index >= 15 is 0 Å². The van der Waals surface area contributed by atoms with Crippen LogP contribution < -0.4 is 5.32 Å². The molecule has 0 radical (unpaired) electrons. The zero-order valence-corrected chi connectivity index (χ0v) is 10.1. The van der Waals surface area contributed by atoms with Crippen molar-refractivity contribution in [2.45, 2.75) is 39.3 Å². The van der Waals surface area contributed by atoms with Gasteiger partial charge in [0.1, 0.15) is 5.60 Å². The average Bonchev–Trinajstić information content (AvgIpc) is 2.48. The third-order valence-corrected chi connectivity index (χ3v) is 1.89. The minimum Gasteiger partial charge on any atom is -0.444 e. The van der Waals surface area contributed by atoms with E-state index in [1.165, 1.54) is 12.0 Å². The van der Waals surface area contributed by atoms with Gasteiger partial charge in [-0.1, -0.05) is 0 Å². The number of nitrogens with zero attached hydrogens (tertiary/aromatic N) is 1. The molecule has 0 aliphatic carbocycles. The number of hydrogen-bond donors (Lipinski definition) is 1. The number of nitrogens with one attached hydrogen (secondary N) is 1. The molecule has 1 heterocycles. The van der Waals surface area contributed by atoms with Crippen LogP contribution in [0.3, 0.4) is 0 Å². The Morgan fingerprint density at radius 2 is 2.06 bits per heavy atom. The highest BCUT2D eigenvalue weighted by Gasteiger charge is 2.28. The molecule has 0 aromatic carbocycles. The van der Waals surface area contributed by atoms with Crippen molar-refractivity contribution in [1.29, 1.82) is 0 Å². The van der Waals surface area contributed by atoms with Crippen molar-refractivity contribution in [3.05, 3.63) is 0 Å². The number of carbonyl (C=O) groups excluding carboxylic acids is 2. The summed E-state index contributed by atoms with van der Waals surface area (Å²) in [4.78, 5) is 27.4. The first kappa shape index (κ1) is 12.8. The molecule has 0 aromatic heterocycles. The average molecular weight is 230 g/mol. The molecule has 6 nitrogen and oxygen atoms in total. The van der Waals surface area contributed by atoms with Gasteiger partial charge in [0.05, 0.1) is 19.2 Å². The topological polar surface area (TPSA) is 67.9 Å². The maximum Gasteiger partial charge on any atom is 0.408 e. The Morgan fingerprint density at radius 3 is 2.50 bits per heavy atom. The van der Waals surface area contributed by atoms with E-state index in [-0.39, 0.29) is 11.9 Å². The van der Waals surface area contributed by atoms with Crippen LogP contribution in [-0.2, 0) is 14.4 Å². The molecular formula is C10H18N2O4. The molecule has 2 amide bonds. The minimum absolute atomic E-state index is 0.173. The van der Waals surface area contributed by atoms with Crippen molar-refractivity contribution in [2.24, 2.45) is 0 Å². The SMILES string of the molecule is CC(=O)N1CC(NC(=O)OC(C)(C)C)CO1. The molecule has 1 fully saturated rings. The van der Waals surface area contributed by atoms with E-state index in [2.05, 4.69) is 5.32 Å². The molecule has 1 aliphatic heterocycles. The summed E-state index contributed by atoms with van der Waals surface area (Å²) in [5.74, 6) is -0.173. The molecular weight excluding hydrogens is 212 g/mol. The number of rotatable bonds is 1. The van der Waals surface area contributed by atoms with Gasteiger partial charge < -0.3 is 10.1 Å². The Balaban J connectivity index is 2.34. The Morgan fingerprint density at radius 1 is 1.44 bits per heavy atom. The summed E-state index contributed by atoms with van der Waals surface area (Å²) in [6.07, 6.45) is -0.494. The van der Waals surface area contributed by atoms with Gasteiger partial charge in [-0.25, -0.2) is 9.86 Å². The lowest BCUT2D eigenvalue weighted by Gasteiger charge is -2.21. The molecule has 1 N–H and O–H groups in total. The van der Waals surface area contributed by atoms with Crippen molar-refractivity contribution in [2.75, 3.05) is 13.2 Å². The number of amides is 2. The van der Waals surface area contributed by atoms with Gasteiger partial charge >= 0.3 is 6.09 Å². The highest BCUT2D eigenvalue weighted by molar-refractivity contribution is 5.72. The maximum absolute atomic E-state index is 11.4. The van der Waals surface area contributed by atoms with Crippen molar-refractivity contribution >= 4 is 12.0 Å². The molecule has 1 saturated heterocycles. The van der Waals surface area contributed by atoms with E-state index in [0.717, 1.165) is 0 Å². The normalized spacial score (nSPS) is 20.8.